The van der Waals surface area contributed by atoms with Crippen LogP contribution < -0.4 is 14.4 Å². The van der Waals surface area contributed by atoms with Crippen molar-refractivity contribution in [1.29, 1.82) is 5.26 Å². The molecule has 1 aliphatic heterocycles. The highest BCUT2D eigenvalue weighted by Crippen LogP contribution is 2.44. The van der Waals surface area contributed by atoms with Crippen molar-refractivity contribution in [1.82, 2.24) is 24.6 Å². The minimum Gasteiger partial charge on any atom is -0.453 e. The number of nitrogens with one attached hydrogen (secondary N) is 1. The fourth-order valence-corrected chi connectivity index (χ4v) is 5.96. The van der Waals surface area contributed by atoms with Crippen LogP contribution in [0.1, 0.15) is 5.56 Å². The predicted octanol–water partition coefficient (Wildman–Crippen LogP) is 6.69. The molecule has 12 heteroatoms. The van der Waals surface area contributed by atoms with Crippen molar-refractivity contribution >= 4 is 55.8 Å². The van der Waals surface area contributed by atoms with E-state index in [1.807, 2.05) is 53.2 Å². The maximum atomic E-state index is 14.8. The zero-order chi connectivity index (χ0) is 31.2. The van der Waals surface area contributed by atoms with Crippen molar-refractivity contribution in [3.05, 3.63) is 90.1 Å². The number of fused-ring (bicyclic) bond motifs is 3. The van der Waals surface area contributed by atoms with Gasteiger partial charge >= 0.3 is 0 Å². The average molecular weight is 622 g/mol. The maximum Gasteiger partial charge on any atom is 0.246 e. The summed E-state index contributed by atoms with van der Waals surface area (Å²) < 4.78 is 29.5. The Hall–Kier alpha value is -5.60. The van der Waals surface area contributed by atoms with Crippen molar-refractivity contribution < 1.29 is 18.7 Å². The van der Waals surface area contributed by atoms with Crippen LogP contribution in [0.15, 0.2) is 73.7 Å². The summed E-state index contributed by atoms with van der Waals surface area (Å²) in [6, 6.07) is 14.6. The summed E-state index contributed by atoms with van der Waals surface area (Å²) >= 11 is 6.40. The summed E-state index contributed by atoms with van der Waals surface area (Å²) in [6.45, 7) is 5.39. The van der Waals surface area contributed by atoms with Crippen LogP contribution in [0.3, 0.4) is 0 Å². The van der Waals surface area contributed by atoms with Crippen LogP contribution in [0.5, 0.6) is 23.1 Å². The molecule has 45 heavy (non-hydrogen) atoms. The van der Waals surface area contributed by atoms with Crippen molar-refractivity contribution in [2.75, 3.05) is 31.1 Å². The minimum absolute atomic E-state index is 0.0775. The Morgan fingerprint density at radius 1 is 1.09 bits per heavy atom. The van der Waals surface area contributed by atoms with Gasteiger partial charge in [-0.15, -0.1) is 0 Å². The van der Waals surface area contributed by atoms with Gasteiger partial charge in [0.05, 0.1) is 22.8 Å². The number of aromatic nitrogens is 4. The molecule has 1 fully saturated rings. The molecule has 10 nitrogen and oxygen atoms in total. The Kier molecular flexibility index (Phi) is 6.99. The molecule has 0 bridgehead atoms. The molecule has 224 valence electrons. The Bertz CT molecular complexity index is 2190. The van der Waals surface area contributed by atoms with Crippen LogP contribution in [-0.2, 0) is 11.8 Å². The smallest absolute Gasteiger partial charge is 0.246 e. The van der Waals surface area contributed by atoms with Crippen molar-refractivity contribution in [2.45, 2.75) is 0 Å². The highest BCUT2D eigenvalue weighted by atomic mass is 35.5. The second kappa shape index (κ2) is 11.2. The third-order valence-electron chi connectivity index (χ3n) is 7.90. The van der Waals surface area contributed by atoms with Crippen LogP contribution in [0.2, 0.25) is 5.02 Å². The van der Waals surface area contributed by atoms with Gasteiger partial charge in [-0.2, -0.15) is 10.4 Å². The van der Waals surface area contributed by atoms with E-state index in [1.165, 1.54) is 18.3 Å². The van der Waals surface area contributed by atoms with Crippen LogP contribution >= 0.6 is 11.6 Å². The number of rotatable bonds is 6. The first-order valence-electron chi connectivity index (χ1n) is 14.1. The van der Waals surface area contributed by atoms with Gasteiger partial charge < -0.3 is 23.8 Å². The van der Waals surface area contributed by atoms with Gasteiger partial charge in [-0.25, -0.2) is 9.37 Å². The second-order valence-corrected chi connectivity index (χ2v) is 11.0. The van der Waals surface area contributed by atoms with Crippen LogP contribution in [0.4, 0.5) is 10.1 Å². The second-order valence-electron chi connectivity index (χ2n) is 10.6. The van der Waals surface area contributed by atoms with Gasteiger partial charge in [0.25, 0.3) is 0 Å². The molecule has 0 unspecified atom stereocenters. The quantitative estimate of drug-likeness (QED) is 0.206. The van der Waals surface area contributed by atoms with E-state index in [-0.39, 0.29) is 33.9 Å². The highest BCUT2D eigenvalue weighted by molar-refractivity contribution is 6.33. The molecule has 1 N–H and O–H groups in total. The summed E-state index contributed by atoms with van der Waals surface area (Å²) in [4.78, 5) is 20.9. The number of ether oxygens (including phenoxy) is 2. The summed E-state index contributed by atoms with van der Waals surface area (Å²) in [5.41, 5.74) is 1.62. The number of nitrogens with zero attached hydrogens (tertiary/aromatic N) is 6. The number of aromatic amines is 1. The Balaban J connectivity index is 1.42. The number of carbonyl (C=O) groups is 1. The van der Waals surface area contributed by atoms with E-state index in [1.54, 1.807) is 17.0 Å². The predicted molar refractivity (Wildman–Crippen MR) is 170 cm³/mol. The number of pyridine rings is 1. The Morgan fingerprint density at radius 3 is 2.64 bits per heavy atom. The number of carbonyl (C=O) groups excluding carboxylic acids is 1. The molecule has 3 aromatic heterocycles. The van der Waals surface area contributed by atoms with Gasteiger partial charge in [-0.3, -0.25) is 9.89 Å². The molecule has 0 saturated carbocycles. The topological polar surface area (TPSA) is 112 Å². The lowest BCUT2D eigenvalue weighted by Crippen LogP contribution is -2.48. The molecule has 6 aromatic rings. The number of anilines is 1. The van der Waals surface area contributed by atoms with E-state index in [9.17, 15) is 14.4 Å². The number of hydrogen-bond donors (Lipinski definition) is 1. The van der Waals surface area contributed by atoms with E-state index in [0.717, 1.165) is 10.8 Å². The molecule has 7 rings (SSSR count). The van der Waals surface area contributed by atoms with Gasteiger partial charge in [-0.05, 0) is 18.2 Å². The number of nitriles is 1. The number of hydrogen-bond acceptors (Lipinski definition) is 7. The lowest BCUT2D eigenvalue weighted by atomic mass is 10.1. The van der Waals surface area contributed by atoms with Crippen LogP contribution in [0.25, 0.3) is 32.6 Å². The largest absolute Gasteiger partial charge is 0.453 e. The highest BCUT2D eigenvalue weighted by Gasteiger charge is 2.28. The number of para-hydroxylation sites is 1. The monoisotopic (exact) mass is 621 g/mol. The van der Waals surface area contributed by atoms with Crippen LogP contribution in [-0.4, -0.2) is 56.7 Å². The molecule has 3 aromatic carbocycles. The van der Waals surface area contributed by atoms with E-state index in [2.05, 4.69) is 22.8 Å². The number of aryl methyl sites for hydroxylation is 1. The van der Waals surface area contributed by atoms with Crippen molar-refractivity contribution in [3.8, 4) is 29.2 Å². The maximum absolute atomic E-state index is 14.8. The Morgan fingerprint density at radius 2 is 1.87 bits per heavy atom. The first-order chi connectivity index (χ1) is 21.9. The van der Waals surface area contributed by atoms with Crippen molar-refractivity contribution in [2.24, 2.45) is 7.05 Å². The molecule has 1 amide bonds. The van der Waals surface area contributed by atoms with Gasteiger partial charge in [-0.1, -0.05) is 42.4 Å². The standard InChI is InChI=1S/C33H25ClFN7O3/c1-3-28(43)41-10-12-42(13-11-41)31-20-7-5-9-27(44-32-22-16-37-39-25(22)14-24(35)29(32)34)30(20)38-33(21(31)15-36)45-26-8-4-6-19-17-40(2)18-23(19)26/h3-9,14,16-18H,1,10-13H2,2H3,(H,37,39). The van der Waals surface area contributed by atoms with Gasteiger partial charge in [0.15, 0.2) is 11.5 Å². The summed E-state index contributed by atoms with van der Waals surface area (Å²) in [5, 5.41) is 20.0. The minimum atomic E-state index is -0.670. The summed E-state index contributed by atoms with van der Waals surface area (Å²) in [6.07, 6.45) is 6.71. The third kappa shape index (κ3) is 4.85. The molecular weight excluding hydrogens is 597 g/mol. The van der Waals surface area contributed by atoms with E-state index in [4.69, 9.17) is 26.1 Å². The number of H-pyrrole nitrogens is 1. The zero-order valence-electron chi connectivity index (χ0n) is 24.1. The molecule has 0 aliphatic carbocycles. The number of halogens is 2. The first-order valence-corrected chi connectivity index (χ1v) is 14.5. The molecule has 4 heterocycles. The third-order valence-corrected chi connectivity index (χ3v) is 8.25. The number of amides is 1. The fourth-order valence-electron chi connectivity index (χ4n) is 5.77. The van der Waals surface area contributed by atoms with Gasteiger partial charge in [0.2, 0.25) is 11.8 Å². The van der Waals surface area contributed by atoms with E-state index < -0.39 is 5.82 Å². The molecular formula is C33H25ClFN7O3. The average Bonchev–Trinajstić information content (AvgIpc) is 3.68. The van der Waals surface area contributed by atoms with E-state index in [0.29, 0.717) is 59.4 Å². The normalized spacial score (nSPS) is 13.4. The molecule has 0 spiro atoms. The summed E-state index contributed by atoms with van der Waals surface area (Å²) in [5.74, 6) is 0.135. The lowest BCUT2D eigenvalue weighted by molar-refractivity contribution is -0.126. The van der Waals surface area contributed by atoms with Gasteiger partial charge in [0.1, 0.15) is 33.7 Å². The molecule has 1 aliphatic rings. The molecule has 0 radical (unpaired) electrons. The zero-order valence-corrected chi connectivity index (χ0v) is 24.8. The lowest BCUT2D eigenvalue weighted by Gasteiger charge is -2.36. The SMILES string of the molecule is C=CC(=O)N1CCN(c2c(C#N)c(Oc3cccc4cn(C)cc34)nc3c(Oc4c(Cl)c(F)cc5[nH]ncc45)cccc23)CC1. The fraction of sp³-hybridized carbons (Fsp3) is 0.152. The van der Waals surface area contributed by atoms with Crippen LogP contribution in [0, 0.1) is 17.1 Å². The molecule has 1 saturated heterocycles. The van der Waals surface area contributed by atoms with Crippen molar-refractivity contribution in [3.63, 3.8) is 0 Å². The first kappa shape index (κ1) is 28.2. The molecule has 0 atom stereocenters. The Labute approximate surface area is 261 Å². The van der Waals surface area contributed by atoms with Gasteiger partial charge in [0, 0.05) is 67.8 Å². The van der Waals surface area contributed by atoms with E-state index >= 15 is 0 Å². The number of piperazine rings is 1. The summed E-state index contributed by atoms with van der Waals surface area (Å²) in [7, 11) is 1.92. The number of benzene rings is 3.